The van der Waals surface area contributed by atoms with Crippen molar-refractivity contribution in [1.82, 2.24) is 19.7 Å². The number of fused-ring (bicyclic) bond motifs is 1. The van der Waals surface area contributed by atoms with Gasteiger partial charge in [-0.1, -0.05) is 12.1 Å². The normalized spacial score (nSPS) is 11.0. The molecule has 2 aromatic heterocycles. The summed E-state index contributed by atoms with van der Waals surface area (Å²) in [6.45, 7) is 3.81. The molecule has 0 unspecified atom stereocenters. The van der Waals surface area contributed by atoms with Gasteiger partial charge in [0.25, 0.3) is 0 Å². The standard InChI is InChI=1S/C13H13N5/c1-8-13(14)9(2)18(17-8)12-7-15-10-5-3-4-6-11(10)16-12/h3-7H,14H2,1-2H3. The van der Waals surface area contributed by atoms with Gasteiger partial charge in [0, 0.05) is 0 Å². The van der Waals surface area contributed by atoms with Gasteiger partial charge in [-0.2, -0.15) is 5.10 Å². The van der Waals surface area contributed by atoms with E-state index in [2.05, 4.69) is 15.1 Å². The van der Waals surface area contributed by atoms with Gasteiger partial charge < -0.3 is 5.73 Å². The van der Waals surface area contributed by atoms with E-state index in [0.717, 1.165) is 22.4 Å². The van der Waals surface area contributed by atoms with Gasteiger partial charge in [-0.15, -0.1) is 0 Å². The molecular weight excluding hydrogens is 226 g/mol. The Morgan fingerprint density at radius 2 is 1.83 bits per heavy atom. The molecule has 3 rings (SSSR count). The van der Waals surface area contributed by atoms with E-state index in [1.807, 2.05) is 38.1 Å². The first kappa shape index (κ1) is 10.7. The Morgan fingerprint density at radius 3 is 2.50 bits per heavy atom. The molecule has 5 heteroatoms. The molecule has 0 saturated heterocycles. The van der Waals surface area contributed by atoms with E-state index in [1.165, 1.54) is 0 Å². The average Bonchev–Trinajstić information content (AvgIpc) is 2.66. The molecule has 3 aromatic rings. The van der Waals surface area contributed by atoms with Crippen LogP contribution in [0, 0.1) is 13.8 Å². The van der Waals surface area contributed by atoms with Crippen molar-refractivity contribution in [2.24, 2.45) is 0 Å². The first-order valence-corrected chi connectivity index (χ1v) is 5.70. The molecule has 18 heavy (non-hydrogen) atoms. The lowest BCUT2D eigenvalue weighted by atomic mass is 10.3. The van der Waals surface area contributed by atoms with E-state index < -0.39 is 0 Å². The third-order valence-corrected chi connectivity index (χ3v) is 3.00. The van der Waals surface area contributed by atoms with Crippen LogP contribution in [0.15, 0.2) is 30.5 Å². The minimum Gasteiger partial charge on any atom is -0.396 e. The van der Waals surface area contributed by atoms with Crippen LogP contribution in [-0.2, 0) is 0 Å². The largest absolute Gasteiger partial charge is 0.396 e. The fourth-order valence-corrected chi connectivity index (χ4v) is 1.93. The Bertz CT molecular complexity index is 729. The van der Waals surface area contributed by atoms with Crippen LogP contribution < -0.4 is 5.73 Å². The summed E-state index contributed by atoms with van der Waals surface area (Å²) in [6.07, 6.45) is 1.71. The van der Waals surface area contributed by atoms with Crippen LogP contribution in [0.5, 0.6) is 0 Å². The summed E-state index contributed by atoms with van der Waals surface area (Å²) < 4.78 is 1.73. The zero-order valence-corrected chi connectivity index (χ0v) is 10.3. The molecule has 0 aliphatic carbocycles. The highest BCUT2D eigenvalue weighted by atomic mass is 15.3. The number of aryl methyl sites for hydroxylation is 1. The highest BCUT2D eigenvalue weighted by Gasteiger charge is 2.11. The summed E-state index contributed by atoms with van der Waals surface area (Å²) in [5, 5.41) is 4.38. The predicted molar refractivity (Wildman–Crippen MR) is 70.5 cm³/mol. The Hall–Kier alpha value is -2.43. The van der Waals surface area contributed by atoms with Crippen LogP contribution in [-0.4, -0.2) is 19.7 Å². The van der Waals surface area contributed by atoms with Crippen LogP contribution in [0.25, 0.3) is 16.9 Å². The fourth-order valence-electron chi connectivity index (χ4n) is 1.93. The maximum absolute atomic E-state index is 5.92. The minimum atomic E-state index is 0.686. The maximum atomic E-state index is 5.92. The summed E-state index contributed by atoms with van der Waals surface area (Å²) in [5.74, 6) is 0.686. The highest BCUT2D eigenvalue weighted by Crippen LogP contribution is 2.19. The summed E-state index contributed by atoms with van der Waals surface area (Å²) >= 11 is 0. The second kappa shape index (κ2) is 3.80. The first-order chi connectivity index (χ1) is 8.66. The lowest BCUT2D eigenvalue weighted by molar-refractivity contribution is 0.806. The van der Waals surface area contributed by atoms with Crippen LogP contribution in [0.3, 0.4) is 0 Å². The quantitative estimate of drug-likeness (QED) is 0.705. The van der Waals surface area contributed by atoms with Crippen molar-refractivity contribution < 1.29 is 0 Å². The van der Waals surface area contributed by atoms with Gasteiger partial charge >= 0.3 is 0 Å². The van der Waals surface area contributed by atoms with Crippen LogP contribution in [0.1, 0.15) is 11.4 Å². The first-order valence-electron chi connectivity index (χ1n) is 5.70. The monoisotopic (exact) mass is 239 g/mol. The second-order valence-electron chi connectivity index (χ2n) is 4.21. The molecule has 2 N–H and O–H groups in total. The average molecular weight is 239 g/mol. The molecule has 0 spiro atoms. The number of nitrogens with zero attached hydrogens (tertiary/aromatic N) is 4. The maximum Gasteiger partial charge on any atom is 0.172 e. The van der Waals surface area contributed by atoms with Gasteiger partial charge in [-0.3, -0.25) is 4.98 Å². The fraction of sp³-hybridized carbons (Fsp3) is 0.154. The second-order valence-corrected chi connectivity index (χ2v) is 4.21. The molecule has 2 heterocycles. The van der Waals surface area contributed by atoms with Crippen molar-refractivity contribution in [2.45, 2.75) is 13.8 Å². The zero-order chi connectivity index (χ0) is 12.7. The van der Waals surface area contributed by atoms with Gasteiger partial charge in [-0.25, -0.2) is 9.67 Å². The summed E-state index contributed by atoms with van der Waals surface area (Å²) in [6, 6.07) is 7.75. The molecule has 0 bridgehead atoms. The number of hydrogen-bond donors (Lipinski definition) is 1. The van der Waals surface area contributed by atoms with Crippen molar-refractivity contribution in [3.8, 4) is 5.82 Å². The van der Waals surface area contributed by atoms with Gasteiger partial charge in [0.15, 0.2) is 5.82 Å². The lowest BCUT2D eigenvalue weighted by Gasteiger charge is -2.04. The Morgan fingerprint density at radius 1 is 1.11 bits per heavy atom. The highest BCUT2D eigenvalue weighted by molar-refractivity contribution is 5.74. The molecule has 0 atom stereocenters. The number of anilines is 1. The van der Waals surface area contributed by atoms with Crippen LogP contribution >= 0.6 is 0 Å². The number of hydrogen-bond acceptors (Lipinski definition) is 4. The van der Waals surface area contributed by atoms with Gasteiger partial charge in [0.05, 0.1) is 34.3 Å². The van der Waals surface area contributed by atoms with E-state index in [4.69, 9.17) is 5.73 Å². The Kier molecular flexibility index (Phi) is 2.26. The predicted octanol–water partition coefficient (Wildman–Crippen LogP) is 2.01. The molecule has 0 aliphatic rings. The van der Waals surface area contributed by atoms with Gasteiger partial charge in [0.1, 0.15) is 0 Å². The SMILES string of the molecule is Cc1nn(-c2cnc3ccccc3n2)c(C)c1N. The number of para-hydroxylation sites is 2. The number of rotatable bonds is 1. The topological polar surface area (TPSA) is 69.6 Å². The van der Waals surface area contributed by atoms with Crippen molar-refractivity contribution >= 4 is 16.7 Å². The number of nitrogens with two attached hydrogens (primary N) is 1. The van der Waals surface area contributed by atoms with Crippen molar-refractivity contribution in [1.29, 1.82) is 0 Å². The Labute approximate surface area is 104 Å². The molecular formula is C13H13N5. The van der Waals surface area contributed by atoms with Gasteiger partial charge in [-0.05, 0) is 26.0 Å². The number of nitrogen functional groups attached to an aromatic ring is 1. The third kappa shape index (κ3) is 1.52. The van der Waals surface area contributed by atoms with Crippen LogP contribution in [0.2, 0.25) is 0 Å². The molecule has 0 fully saturated rings. The molecule has 0 radical (unpaired) electrons. The Balaban J connectivity index is 2.22. The summed E-state index contributed by atoms with van der Waals surface area (Å²) in [7, 11) is 0. The van der Waals surface area contributed by atoms with Crippen molar-refractivity contribution in [3.05, 3.63) is 41.9 Å². The molecule has 1 aromatic carbocycles. The number of benzene rings is 1. The molecule has 90 valence electrons. The van der Waals surface area contributed by atoms with Crippen LogP contribution in [0.4, 0.5) is 5.69 Å². The molecule has 5 nitrogen and oxygen atoms in total. The summed E-state index contributed by atoms with van der Waals surface area (Å²) in [4.78, 5) is 8.92. The molecule has 0 amide bonds. The van der Waals surface area contributed by atoms with Crippen molar-refractivity contribution in [3.63, 3.8) is 0 Å². The van der Waals surface area contributed by atoms with Gasteiger partial charge in [0.2, 0.25) is 0 Å². The van der Waals surface area contributed by atoms with E-state index >= 15 is 0 Å². The minimum absolute atomic E-state index is 0.686. The van der Waals surface area contributed by atoms with E-state index in [-0.39, 0.29) is 0 Å². The van der Waals surface area contributed by atoms with E-state index in [9.17, 15) is 0 Å². The lowest BCUT2D eigenvalue weighted by Crippen LogP contribution is -2.03. The summed E-state index contributed by atoms with van der Waals surface area (Å²) in [5.41, 5.74) is 10.0. The molecule has 0 aliphatic heterocycles. The smallest absolute Gasteiger partial charge is 0.172 e. The molecule has 0 saturated carbocycles. The van der Waals surface area contributed by atoms with E-state index in [1.54, 1.807) is 10.9 Å². The number of aromatic nitrogens is 4. The van der Waals surface area contributed by atoms with Crippen molar-refractivity contribution in [2.75, 3.05) is 5.73 Å². The van der Waals surface area contributed by atoms with E-state index in [0.29, 0.717) is 11.5 Å². The third-order valence-electron chi connectivity index (χ3n) is 3.00. The zero-order valence-electron chi connectivity index (χ0n) is 10.3.